The Kier molecular flexibility index (Phi) is 13.2. The molecule has 2 unspecified atom stereocenters. The van der Waals surface area contributed by atoms with Gasteiger partial charge < -0.3 is 40.0 Å². The number of hydrogen-bond acceptors (Lipinski definition) is 10. The van der Waals surface area contributed by atoms with Crippen LogP contribution in [0.15, 0.2) is 104 Å². The molecular formula is C54H57N7O8. The number of amides is 4. The van der Waals surface area contributed by atoms with E-state index in [4.69, 9.17) is 19.2 Å². The van der Waals surface area contributed by atoms with Crippen molar-refractivity contribution in [1.29, 1.82) is 5.26 Å². The molecule has 4 N–H and O–H groups in total. The molecule has 1 aromatic heterocycles. The van der Waals surface area contributed by atoms with Gasteiger partial charge in [-0.25, -0.2) is 9.78 Å². The number of aromatic nitrogens is 2. The zero-order valence-electron chi connectivity index (χ0n) is 39.7. The van der Waals surface area contributed by atoms with Crippen LogP contribution in [0.2, 0.25) is 0 Å². The predicted octanol–water partition coefficient (Wildman–Crippen LogP) is 9.09. The highest BCUT2D eigenvalue weighted by Gasteiger charge is 2.61. The van der Waals surface area contributed by atoms with E-state index >= 15 is 0 Å². The lowest BCUT2D eigenvalue weighted by Crippen LogP contribution is -2.54. The molecule has 4 saturated carbocycles. The van der Waals surface area contributed by atoms with Crippen molar-refractivity contribution in [2.75, 3.05) is 22.6 Å². The van der Waals surface area contributed by atoms with E-state index in [0.29, 0.717) is 41.3 Å². The van der Waals surface area contributed by atoms with Gasteiger partial charge in [-0.1, -0.05) is 18.7 Å². The van der Waals surface area contributed by atoms with Gasteiger partial charge in [-0.3, -0.25) is 19.2 Å². The first-order valence-corrected chi connectivity index (χ1v) is 23.2. The number of fused-ring (bicyclic) bond motifs is 3. The lowest BCUT2D eigenvalue weighted by molar-refractivity contribution is -0.136. The second-order valence-corrected chi connectivity index (χ2v) is 19.4. The second kappa shape index (κ2) is 19.1. The van der Waals surface area contributed by atoms with Crippen LogP contribution in [0.3, 0.4) is 0 Å². The quantitative estimate of drug-likeness (QED) is 0.0546. The number of carbonyl (C=O) groups is 5. The number of ether oxygens (including phenoxy) is 3. The van der Waals surface area contributed by atoms with E-state index in [1.54, 1.807) is 101 Å². The van der Waals surface area contributed by atoms with Crippen molar-refractivity contribution in [1.82, 2.24) is 14.9 Å². The summed E-state index contributed by atoms with van der Waals surface area (Å²) in [5.74, 6) is -0.737. The van der Waals surface area contributed by atoms with Crippen molar-refractivity contribution >= 4 is 57.7 Å². The molecule has 4 aromatic carbocycles. The monoisotopic (exact) mass is 931 g/mol. The number of rotatable bonds is 16. The molecule has 4 amide bonds. The van der Waals surface area contributed by atoms with Crippen LogP contribution < -0.4 is 30.7 Å². The van der Waals surface area contributed by atoms with Gasteiger partial charge in [-0.05, 0) is 151 Å². The number of esters is 1. The number of benzene rings is 4. The molecular weight excluding hydrogens is 875 g/mol. The van der Waals surface area contributed by atoms with E-state index in [2.05, 4.69) is 40.5 Å². The minimum absolute atomic E-state index is 0.0281. The second-order valence-electron chi connectivity index (χ2n) is 19.4. The van der Waals surface area contributed by atoms with Crippen LogP contribution in [0.4, 0.5) is 17.1 Å². The highest BCUT2D eigenvalue weighted by Crippen LogP contribution is 2.56. The van der Waals surface area contributed by atoms with Crippen LogP contribution >= 0.6 is 0 Å². The lowest BCUT2D eigenvalue weighted by Gasteiger charge is -2.50. The molecule has 4 aliphatic rings. The first-order chi connectivity index (χ1) is 32.9. The Balaban J connectivity index is 0.934. The molecule has 356 valence electrons. The van der Waals surface area contributed by atoms with Crippen LogP contribution in [0.5, 0.6) is 11.5 Å². The Hall–Kier alpha value is -7.73. The molecule has 2 bridgehead atoms. The smallest absolute Gasteiger partial charge is 0.338 e. The van der Waals surface area contributed by atoms with E-state index in [9.17, 15) is 29.2 Å². The fraction of sp³-hybridized carbons (Fsp3) is 0.352. The number of nitriles is 1. The van der Waals surface area contributed by atoms with E-state index in [1.807, 2.05) is 23.7 Å². The third-order valence-electron chi connectivity index (χ3n) is 13.1. The maximum Gasteiger partial charge on any atom is 0.338 e. The van der Waals surface area contributed by atoms with E-state index in [1.165, 1.54) is 12.1 Å². The van der Waals surface area contributed by atoms with Gasteiger partial charge in [0.05, 0.1) is 45.6 Å². The maximum atomic E-state index is 14.2. The van der Waals surface area contributed by atoms with Crippen molar-refractivity contribution in [2.45, 2.75) is 83.5 Å². The molecule has 4 aliphatic carbocycles. The van der Waals surface area contributed by atoms with Crippen LogP contribution in [0, 0.1) is 35.0 Å². The third kappa shape index (κ3) is 9.97. The molecule has 4 fully saturated rings. The van der Waals surface area contributed by atoms with Gasteiger partial charge in [0.1, 0.15) is 23.6 Å². The van der Waals surface area contributed by atoms with Gasteiger partial charge >= 0.3 is 5.97 Å². The minimum atomic E-state index is -1.16. The molecule has 1 heterocycles. The first-order valence-electron chi connectivity index (χ1n) is 23.2. The molecule has 15 heteroatoms. The summed E-state index contributed by atoms with van der Waals surface area (Å²) in [7, 11) is 1.96. The van der Waals surface area contributed by atoms with Crippen LogP contribution in [-0.2, 0) is 21.4 Å². The largest absolute Gasteiger partial charge is 0.485 e. The standard InChI is InChI=1S/C54H57N7O8/c1-9-23-67-45-39(49(63)56-37-18-14-33(15-19-37)51(65)69-53(5,6)7)20-22-43(46(45)68-30(3)4)59-48(62)32-12-16-38(17-13-32)57-52(66)54(28-36(54)10-2)60-50(64)41-27-40(34-25-35(41)26-34)47-58-42-21-11-31(29-55)24-44(42)61(47)8/h9-22,24,30,34-36,40-41H,1-2,23,25-28H2,3-8H3,(H,56,63)(H,57,66)(H,59,62)(H,60,64)/t34?,35?,36-,40?,41?,54-/m0/s1. The summed E-state index contributed by atoms with van der Waals surface area (Å²) in [5.41, 5.74) is 2.25. The summed E-state index contributed by atoms with van der Waals surface area (Å²) in [5, 5.41) is 21.3. The fourth-order valence-corrected chi connectivity index (χ4v) is 9.46. The van der Waals surface area contributed by atoms with Crippen LogP contribution in [0.1, 0.15) is 109 Å². The lowest BCUT2D eigenvalue weighted by atomic mass is 9.55. The number of nitrogens with zero attached hydrogens (tertiary/aromatic N) is 3. The Morgan fingerprint density at radius 1 is 0.870 bits per heavy atom. The normalized spacial score (nSPS) is 21.2. The topological polar surface area (TPSA) is 203 Å². The first kappa shape index (κ1) is 47.8. The molecule has 0 radical (unpaired) electrons. The molecule has 9 rings (SSSR count). The Bertz CT molecular complexity index is 2900. The number of nitrogens with one attached hydrogen (secondary N) is 4. The zero-order valence-corrected chi connectivity index (χ0v) is 39.7. The van der Waals surface area contributed by atoms with E-state index in [-0.39, 0.29) is 76.5 Å². The Morgan fingerprint density at radius 3 is 2.17 bits per heavy atom. The van der Waals surface area contributed by atoms with Crippen molar-refractivity contribution in [2.24, 2.45) is 30.7 Å². The number of aryl methyl sites for hydroxylation is 1. The number of carbonyl (C=O) groups excluding carboxylic acids is 5. The highest BCUT2D eigenvalue weighted by molar-refractivity contribution is 6.10. The SMILES string of the molecule is C=CCOc1c(C(=O)Nc2ccc(C(=O)OC(C)(C)C)cc2)ccc(NC(=O)c2ccc(NC(=O)[C@]3(NC(=O)C4CC(c5nc6ccc(C#N)cc6n5C)C5CC4C5)C[C@@H]3C=C)cc2)c1OC(C)C. The molecule has 4 atom stereocenters. The number of imidazole rings is 1. The van der Waals surface area contributed by atoms with Crippen molar-refractivity contribution in [3.05, 3.63) is 132 Å². The average molecular weight is 932 g/mol. The molecule has 0 aliphatic heterocycles. The van der Waals surface area contributed by atoms with Crippen LogP contribution in [0.25, 0.3) is 11.0 Å². The summed E-state index contributed by atoms with van der Waals surface area (Å²) >= 11 is 0. The molecule has 0 saturated heterocycles. The molecule has 5 aromatic rings. The molecule has 69 heavy (non-hydrogen) atoms. The fourth-order valence-electron chi connectivity index (χ4n) is 9.46. The van der Waals surface area contributed by atoms with Crippen molar-refractivity contribution in [3.8, 4) is 17.6 Å². The summed E-state index contributed by atoms with van der Waals surface area (Å²) in [6.07, 6.45) is 5.68. The van der Waals surface area contributed by atoms with Crippen molar-refractivity contribution < 1.29 is 38.2 Å². The summed E-state index contributed by atoms with van der Waals surface area (Å²) in [4.78, 5) is 73.2. The summed E-state index contributed by atoms with van der Waals surface area (Å²) < 4.78 is 19.7. The van der Waals surface area contributed by atoms with E-state index in [0.717, 1.165) is 29.7 Å². The molecule has 0 spiro atoms. The summed E-state index contributed by atoms with van der Waals surface area (Å²) in [6, 6.07) is 23.4. The van der Waals surface area contributed by atoms with Gasteiger partial charge in [-0.2, -0.15) is 5.26 Å². The van der Waals surface area contributed by atoms with Gasteiger partial charge in [0.2, 0.25) is 5.91 Å². The van der Waals surface area contributed by atoms with Crippen LogP contribution in [-0.4, -0.2) is 63.0 Å². The Labute approximate surface area is 401 Å². The van der Waals surface area contributed by atoms with Gasteiger partial charge in [0.15, 0.2) is 11.5 Å². The number of anilines is 3. The van der Waals surface area contributed by atoms with Crippen molar-refractivity contribution in [3.63, 3.8) is 0 Å². The number of hydrogen-bond donors (Lipinski definition) is 4. The Morgan fingerprint density at radius 2 is 1.55 bits per heavy atom. The molecule has 15 nitrogen and oxygen atoms in total. The minimum Gasteiger partial charge on any atom is -0.485 e. The van der Waals surface area contributed by atoms with Gasteiger partial charge in [0.25, 0.3) is 17.7 Å². The van der Waals surface area contributed by atoms with E-state index < -0.39 is 28.9 Å². The summed E-state index contributed by atoms with van der Waals surface area (Å²) in [6.45, 7) is 16.6. The average Bonchev–Trinajstić information content (AvgIpc) is 3.93. The maximum absolute atomic E-state index is 14.2. The predicted molar refractivity (Wildman–Crippen MR) is 262 cm³/mol. The van der Waals surface area contributed by atoms with Gasteiger partial charge in [0, 0.05) is 41.7 Å². The highest BCUT2D eigenvalue weighted by atomic mass is 16.6. The zero-order chi connectivity index (χ0) is 49.4. The van der Waals surface area contributed by atoms with Gasteiger partial charge in [-0.15, -0.1) is 6.58 Å². The third-order valence-corrected chi connectivity index (χ3v) is 13.1.